The molecule has 8 heteroatoms. The van der Waals surface area contributed by atoms with Crippen LogP contribution >= 0.6 is 23.2 Å². The molecular weight excluding hydrogens is 485 g/mol. The number of aromatic nitrogens is 2. The van der Waals surface area contributed by atoms with Gasteiger partial charge in [0.1, 0.15) is 11.6 Å². The molecule has 0 saturated carbocycles. The number of ether oxygens (including phenoxy) is 1. The first-order valence-electron chi connectivity index (χ1n) is 11.3. The van der Waals surface area contributed by atoms with E-state index >= 15 is 0 Å². The topological polar surface area (TPSA) is 64.4 Å². The van der Waals surface area contributed by atoms with Gasteiger partial charge in [0.15, 0.2) is 6.61 Å². The maximum atomic E-state index is 13.7. The van der Waals surface area contributed by atoms with Gasteiger partial charge in [0, 0.05) is 16.6 Å². The minimum absolute atomic E-state index is 0.155. The zero-order valence-corrected chi connectivity index (χ0v) is 21.2. The Bertz CT molecular complexity index is 1430. The van der Waals surface area contributed by atoms with Crippen LogP contribution in [0.1, 0.15) is 31.3 Å². The summed E-state index contributed by atoms with van der Waals surface area (Å²) >= 11 is 12.1. The number of hydrogen-bond donors (Lipinski definition) is 0. The van der Waals surface area contributed by atoms with E-state index in [4.69, 9.17) is 32.9 Å². The second-order valence-corrected chi connectivity index (χ2v) is 9.03. The number of halogens is 2. The average Bonchev–Trinajstić information content (AvgIpc) is 2.84. The summed E-state index contributed by atoms with van der Waals surface area (Å²) in [6, 6.07) is 18.9. The molecule has 35 heavy (non-hydrogen) atoms. The highest BCUT2D eigenvalue weighted by atomic mass is 35.5. The third-order valence-electron chi connectivity index (χ3n) is 5.88. The summed E-state index contributed by atoms with van der Waals surface area (Å²) in [5, 5.41) is 1.66. The SMILES string of the molecule is CCN(C(=O)COc1ccc(Cl)cc1)C(C)c1nc2ccccc2c(=O)n1-c1ccc(Cl)cc1C. The first-order chi connectivity index (χ1) is 16.8. The zero-order valence-electron chi connectivity index (χ0n) is 19.7. The lowest BCUT2D eigenvalue weighted by Gasteiger charge is -2.29. The van der Waals surface area contributed by atoms with Crippen molar-refractivity contribution in [3.05, 3.63) is 98.5 Å². The predicted octanol–water partition coefficient (Wildman–Crippen LogP) is 5.99. The third kappa shape index (κ3) is 5.19. The number of fused-ring (bicyclic) bond motifs is 1. The van der Waals surface area contributed by atoms with Crippen LogP contribution in [0.5, 0.6) is 5.75 Å². The molecule has 0 aliphatic carbocycles. The lowest BCUT2D eigenvalue weighted by Crippen LogP contribution is -2.39. The smallest absolute Gasteiger partial charge is 0.266 e. The van der Waals surface area contributed by atoms with Crippen molar-refractivity contribution in [2.75, 3.05) is 13.2 Å². The van der Waals surface area contributed by atoms with Crippen LogP contribution in [0.2, 0.25) is 10.0 Å². The highest BCUT2D eigenvalue weighted by molar-refractivity contribution is 6.30. The number of benzene rings is 3. The molecule has 6 nitrogen and oxygen atoms in total. The van der Waals surface area contributed by atoms with Gasteiger partial charge in [-0.25, -0.2) is 4.98 Å². The van der Waals surface area contributed by atoms with Crippen molar-refractivity contribution in [2.45, 2.75) is 26.8 Å². The molecule has 4 aromatic rings. The van der Waals surface area contributed by atoms with Gasteiger partial charge in [-0.05, 0) is 80.9 Å². The number of rotatable bonds is 7. The maximum absolute atomic E-state index is 13.7. The van der Waals surface area contributed by atoms with E-state index in [0.29, 0.717) is 44.8 Å². The van der Waals surface area contributed by atoms with Gasteiger partial charge < -0.3 is 9.64 Å². The summed E-state index contributed by atoms with van der Waals surface area (Å²) in [5.74, 6) is 0.779. The minimum atomic E-state index is -0.506. The molecule has 0 N–H and O–H groups in total. The molecule has 0 fully saturated rings. The van der Waals surface area contributed by atoms with E-state index in [2.05, 4.69) is 0 Å². The van der Waals surface area contributed by atoms with E-state index < -0.39 is 6.04 Å². The average molecular weight is 510 g/mol. The quantitative estimate of drug-likeness (QED) is 0.307. The monoisotopic (exact) mass is 509 g/mol. The molecule has 3 aromatic carbocycles. The predicted molar refractivity (Wildman–Crippen MR) is 140 cm³/mol. The van der Waals surface area contributed by atoms with Crippen LogP contribution in [0.3, 0.4) is 0 Å². The standard InChI is InChI=1S/C27H25Cl2N3O3/c1-4-31(25(33)16-35-21-12-9-19(28)10-13-21)18(3)26-30-23-8-6-5-7-22(23)27(34)32(26)24-14-11-20(29)15-17(24)2/h5-15,18H,4,16H2,1-3H3. The van der Waals surface area contributed by atoms with Crippen molar-refractivity contribution in [2.24, 2.45) is 0 Å². The molecule has 180 valence electrons. The molecule has 1 atom stereocenters. The summed E-state index contributed by atoms with van der Waals surface area (Å²) in [6.45, 7) is 5.89. The molecular formula is C27H25Cl2N3O3. The van der Waals surface area contributed by atoms with E-state index in [1.54, 1.807) is 64.1 Å². The molecule has 1 amide bonds. The Morgan fingerprint density at radius 1 is 1.06 bits per heavy atom. The van der Waals surface area contributed by atoms with Crippen LogP contribution in [0.4, 0.5) is 0 Å². The van der Waals surface area contributed by atoms with Gasteiger partial charge in [0.05, 0.1) is 22.6 Å². The van der Waals surface area contributed by atoms with Gasteiger partial charge >= 0.3 is 0 Å². The number of likely N-dealkylation sites (N-methyl/N-ethyl adjacent to an activating group) is 1. The van der Waals surface area contributed by atoms with Gasteiger partial charge in [0.2, 0.25) is 0 Å². The molecule has 0 aliphatic heterocycles. The van der Waals surface area contributed by atoms with E-state index in [1.165, 1.54) is 0 Å². The number of nitrogens with zero attached hydrogens (tertiary/aromatic N) is 3. The van der Waals surface area contributed by atoms with Crippen molar-refractivity contribution < 1.29 is 9.53 Å². The first kappa shape index (κ1) is 24.8. The maximum Gasteiger partial charge on any atom is 0.266 e. The highest BCUT2D eigenvalue weighted by Gasteiger charge is 2.26. The van der Waals surface area contributed by atoms with Crippen LogP contribution in [-0.4, -0.2) is 33.5 Å². The molecule has 4 rings (SSSR count). The fraction of sp³-hybridized carbons (Fsp3) is 0.222. The Morgan fingerprint density at radius 2 is 1.74 bits per heavy atom. The molecule has 1 aromatic heterocycles. The van der Waals surface area contributed by atoms with Gasteiger partial charge in [0.25, 0.3) is 11.5 Å². The van der Waals surface area contributed by atoms with E-state index in [0.717, 1.165) is 5.56 Å². The first-order valence-corrected chi connectivity index (χ1v) is 12.0. The van der Waals surface area contributed by atoms with Crippen LogP contribution in [-0.2, 0) is 4.79 Å². The minimum Gasteiger partial charge on any atom is -0.484 e. The van der Waals surface area contributed by atoms with Crippen molar-refractivity contribution in [1.82, 2.24) is 14.5 Å². The van der Waals surface area contributed by atoms with Crippen molar-refractivity contribution in [3.63, 3.8) is 0 Å². The van der Waals surface area contributed by atoms with Gasteiger partial charge in [-0.2, -0.15) is 0 Å². The molecule has 0 saturated heterocycles. The normalized spacial score (nSPS) is 11.9. The number of aryl methyl sites for hydroxylation is 1. The van der Waals surface area contributed by atoms with Crippen molar-refractivity contribution >= 4 is 40.0 Å². The molecule has 1 heterocycles. The lowest BCUT2D eigenvalue weighted by molar-refractivity contribution is -0.135. The van der Waals surface area contributed by atoms with Crippen LogP contribution in [0, 0.1) is 6.92 Å². The summed E-state index contributed by atoms with van der Waals surface area (Å²) in [7, 11) is 0. The van der Waals surface area contributed by atoms with Gasteiger partial charge in [-0.15, -0.1) is 0 Å². The molecule has 0 spiro atoms. The van der Waals surface area contributed by atoms with Crippen LogP contribution in [0.25, 0.3) is 16.6 Å². The van der Waals surface area contributed by atoms with E-state index in [9.17, 15) is 9.59 Å². The number of para-hydroxylation sites is 1. The van der Waals surface area contributed by atoms with Gasteiger partial charge in [-0.3, -0.25) is 14.2 Å². The Labute approximate surface area is 213 Å². The Kier molecular flexibility index (Phi) is 7.43. The molecule has 0 radical (unpaired) electrons. The number of hydrogen-bond acceptors (Lipinski definition) is 4. The van der Waals surface area contributed by atoms with Crippen molar-refractivity contribution in [3.8, 4) is 11.4 Å². The summed E-state index contributed by atoms with van der Waals surface area (Å²) in [5.41, 5.74) is 1.86. The van der Waals surface area contributed by atoms with Gasteiger partial charge in [-0.1, -0.05) is 35.3 Å². The van der Waals surface area contributed by atoms with E-state index in [-0.39, 0.29) is 18.1 Å². The zero-order chi connectivity index (χ0) is 25.1. The highest BCUT2D eigenvalue weighted by Crippen LogP contribution is 2.26. The molecule has 0 aliphatic rings. The Balaban J connectivity index is 1.75. The van der Waals surface area contributed by atoms with Crippen LogP contribution < -0.4 is 10.3 Å². The Hall–Kier alpha value is -3.35. The van der Waals surface area contributed by atoms with Crippen LogP contribution in [0.15, 0.2) is 71.5 Å². The molecule has 0 bridgehead atoms. The fourth-order valence-electron chi connectivity index (χ4n) is 4.10. The Morgan fingerprint density at radius 3 is 2.43 bits per heavy atom. The second kappa shape index (κ2) is 10.5. The van der Waals surface area contributed by atoms with E-state index in [1.807, 2.05) is 32.9 Å². The fourth-order valence-corrected chi connectivity index (χ4v) is 4.45. The number of amides is 1. The number of carbonyl (C=O) groups is 1. The second-order valence-electron chi connectivity index (χ2n) is 8.16. The summed E-state index contributed by atoms with van der Waals surface area (Å²) < 4.78 is 7.26. The van der Waals surface area contributed by atoms with Crippen molar-refractivity contribution in [1.29, 1.82) is 0 Å². The third-order valence-corrected chi connectivity index (χ3v) is 6.37. The lowest BCUT2D eigenvalue weighted by atomic mass is 10.1. The summed E-state index contributed by atoms with van der Waals surface area (Å²) in [6.07, 6.45) is 0. The largest absolute Gasteiger partial charge is 0.484 e. The molecule has 1 unspecified atom stereocenters. The number of carbonyl (C=O) groups excluding carboxylic acids is 1. The summed E-state index contributed by atoms with van der Waals surface area (Å²) in [4.78, 5) is 33.3.